The lowest BCUT2D eigenvalue weighted by Gasteiger charge is -2.26. The molecule has 0 radical (unpaired) electrons. The first-order valence-corrected chi connectivity index (χ1v) is 8.47. The largest absolute Gasteiger partial charge is 0.481 e. The lowest BCUT2D eigenvalue weighted by Crippen LogP contribution is -2.40. The quantitative estimate of drug-likeness (QED) is 0.797. The molecule has 0 aliphatic heterocycles. The van der Waals surface area contributed by atoms with Gasteiger partial charge in [-0.15, -0.1) is 23.1 Å². The molecule has 112 valence electrons. The molecule has 1 unspecified atom stereocenters. The molecule has 20 heavy (non-hydrogen) atoms. The first kappa shape index (κ1) is 17.0. The van der Waals surface area contributed by atoms with E-state index in [1.54, 1.807) is 23.2 Å². The van der Waals surface area contributed by atoms with Crippen LogP contribution in [-0.4, -0.2) is 45.2 Å². The predicted molar refractivity (Wildman–Crippen MR) is 82.1 cm³/mol. The summed E-state index contributed by atoms with van der Waals surface area (Å²) in [6, 6.07) is -0.271. The summed E-state index contributed by atoms with van der Waals surface area (Å²) in [4.78, 5) is 28.8. The van der Waals surface area contributed by atoms with Gasteiger partial charge in [-0.2, -0.15) is 0 Å². The zero-order chi connectivity index (χ0) is 15.1. The Morgan fingerprint density at radius 1 is 1.55 bits per heavy atom. The first-order valence-electron chi connectivity index (χ1n) is 6.44. The fourth-order valence-electron chi connectivity index (χ4n) is 1.90. The van der Waals surface area contributed by atoms with E-state index in [-0.39, 0.29) is 18.4 Å². The van der Waals surface area contributed by atoms with Crippen LogP contribution in [0.2, 0.25) is 0 Å². The number of nitrogens with zero attached hydrogens (tertiary/aromatic N) is 2. The van der Waals surface area contributed by atoms with Gasteiger partial charge in [0.15, 0.2) is 0 Å². The van der Waals surface area contributed by atoms with Gasteiger partial charge < -0.3 is 10.0 Å². The fourth-order valence-corrected chi connectivity index (χ4v) is 3.41. The number of carbonyl (C=O) groups excluding carboxylic acids is 1. The number of carboxylic acids is 1. The number of aryl methyl sites for hydroxylation is 1. The molecule has 0 aromatic carbocycles. The molecule has 1 rings (SSSR count). The maximum Gasteiger partial charge on any atom is 0.305 e. The molecule has 1 N–H and O–H groups in total. The van der Waals surface area contributed by atoms with E-state index in [9.17, 15) is 9.59 Å². The van der Waals surface area contributed by atoms with Crippen LogP contribution in [0.3, 0.4) is 0 Å². The van der Waals surface area contributed by atoms with Gasteiger partial charge in [-0.05, 0) is 20.8 Å². The summed E-state index contributed by atoms with van der Waals surface area (Å²) >= 11 is 3.11. The highest BCUT2D eigenvalue weighted by molar-refractivity contribution is 7.99. The summed E-state index contributed by atoms with van der Waals surface area (Å²) in [5.74, 6) is 0.169. The molecule has 1 atom stereocenters. The van der Waals surface area contributed by atoms with Crippen LogP contribution in [0.4, 0.5) is 0 Å². The van der Waals surface area contributed by atoms with Gasteiger partial charge >= 0.3 is 5.97 Å². The zero-order valence-corrected chi connectivity index (χ0v) is 13.6. The molecule has 0 saturated carbocycles. The highest BCUT2D eigenvalue weighted by atomic mass is 32.2. The van der Waals surface area contributed by atoms with Crippen molar-refractivity contribution in [3.63, 3.8) is 0 Å². The average Bonchev–Trinajstić information content (AvgIpc) is 2.75. The number of rotatable bonds is 8. The van der Waals surface area contributed by atoms with Gasteiger partial charge in [-0.1, -0.05) is 0 Å². The lowest BCUT2D eigenvalue weighted by atomic mass is 10.2. The van der Waals surface area contributed by atoms with E-state index in [1.165, 1.54) is 11.8 Å². The van der Waals surface area contributed by atoms with Crippen LogP contribution in [0.15, 0.2) is 5.38 Å². The molecular formula is C13H20N2O3S2. The normalized spacial score (nSPS) is 12.2. The van der Waals surface area contributed by atoms with E-state index < -0.39 is 5.97 Å². The Balaban J connectivity index is 2.41. The summed E-state index contributed by atoms with van der Waals surface area (Å²) < 4.78 is 0. The van der Waals surface area contributed by atoms with Crippen LogP contribution in [-0.2, 0) is 15.3 Å². The van der Waals surface area contributed by atoms with Crippen molar-refractivity contribution in [2.24, 2.45) is 0 Å². The van der Waals surface area contributed by atoms with Gasteiger partial charge in [-0.3, -0.25) is 9.59 Å². The molecule has 7 heteroatoms. The van der Waals surface area contributed by atoms with Gasteiger partial charge in [0.1, 0.15) is 0 Å². The average molecular weight is 316 g/mol. The molecule has 0 spiro atoms. The van der Waals surface area contributed by atoms with E-state index in [1.807, 2.05) is 19.2 Å². The maximum absolute atomic E-state index is 12.1. The molecule has 5 nitrogen and oxygen atoms in total. The molecule has 0 fully saturated rings. The van der Waals surface area contributed by atoms with Crippen LogP contribution in [0.25, 0.3) is 0 Å². The summed E-state index contributed by atoms with van der Waals surface area (Å²) in [7, 11) is 0. The number of carbonyl (C=O) groups is 2. The van der Waals surface area contributed by atoms with E-state index >= 15 is 0 Å². The third-order valence-electron chi connectivity index (χ3n) is 2.81. The molecule has 0 aliphatic rings. The molecular weight excluding hydrogens is 296 g/mol. The van der Waals surface area contributed by atoms with Gasteiger partial charge in [0.25, 0.3) is 0 Å². The summed E-state index contributed by atoms with van der Waals surface area (Å²) in [6.45, 7) is 6.12. The van der Waals surface area contributed by atoms with Crippen LogP contribution < -0.4 is 0 Å². The lowest BCUT2D eigenvalue weighted by molar-refractivity contribution is -0.139. The van der Waals surface area contributed by atoms with E-state index in [0.29, 0.717) is 18.1 Å². The van der Waals surface area contributed by atoms with Crippen molar-refractivity contribution in [2.45, 2.75) is 39.0 Å². The molecule has 1 amide bonds. The molecule has 0 aliphatic carbocycles. The SMILES string of the molecule is CCN(C(=O)CSCc1csc(C)n1)C(C)CC(=O)O. The smallest absolute Gasteiger partial charge is 0.305 e. The second kappa shape index (κ2) is 8.26. The second-order valence-corrected chi connectivity index (χ2v) is 6.53. The maximum atomic E-state index is 12.1. The standard InChI is InChI=1S/C13H20N2O3S2/c1-4-15(9(2)5-13(17)18)12(16)8-19-6-11-7-20-10(3)14-11/h7,9H,4-6,8H2,1-3H3,(H,17,18). The van der Waals surface area contributed by atoms with Crippen molar-refractivity contribution in [3.05, 3.63) is 16.1 Å². The summed E-state index contributed by atoms with van der Waals surface area (Å²) in [5.41, 5.74) is 0.993. The monoisotopic (exact) mass is 316 g/mol. The van der Waals surface area contributed by atoms with Crippen molar-refractivity contribution >= 4 is 35.0 Å². The Morgan fingerprint density at radius 2 is 2.25 bits per heavy atom. The Morgan fingerprint density at radius 3 is 2.75 bits per heavy atom. The predicted octanol–water partition coefficient (Wildman–Crippen LogP) is 2.40. The highest BCUT2D eigenvalue weighted by Crippen LogP contribution is 2.16. The second-order valence-electron chi connectivity index (χ2n) is 4.48. The number of amides is 1. The fraction of sp³-hybridized carbons (Fsp3) is 0.615. The van der Waals surface area contributed by atoms with E-state index in [2.05, 4.69) is 4.98 Å². The minimum atomic E-state index is -0.880. The molecule has 1 aromatic heterocycles. The van der Waals surface area contributed by atoms with Crippen LogP contribution in [0.5, 0.6) is 0 Å². The summed E-state index contributed by atoms with van der Waals surface area (Å²) in [5, 5.41) is 11.8. The summed E-state index contributed by atoms with van der Waals surface area (Å²) in [6.07, 6.45) is -0.0183. The topological polar surface area (TPSA) is 70.5 Å². The van der Waals surface area contributed by atoms with Crippen LogP contribution >= 0.6 is 23.1 Å². The van der Waals surface area contributed by atoms with E-state index in [4.69, 9.17) is 5.11 Å². The number of hydrogen-bond donors (Lipinski definition) is 1. The van der Waals surface area contributed by atoms with Gasteiger partial charge in [-0.25, -0.2) is 4.98 Å². The Kier molecular flexibility index (Phi) is 7.01. The number of thiazole rings is 1. The van der Waals surface area contributed by atoms with Crippen molar-refractivity contribution in [2.75, 3.05) is 12.3 Å². The van der Waals surface area contributed by atoms with E-state index in [0.717, 1.165) is 10.7 Å². The first-order chi connectivity index (χ1) is 9.43. The molecule has 0 saturated heterocycles. The van der Waals surface area contributed by atoms with Crippen LogP contribution in [0.1, 0.15) is 31.0 Å². The Bertz CT molecular complexity index is 462. The van der Waals surface area contributed by atoms with Gasteiger partial charge in [0.05, 0.1) is 22.9 Å². The number of hydrogen-bond acceptors (Lipinski definition) is 5. The van der Waals surface area contributed by atoms with Crippen molar-refractivity contribution < 1.29 is 14.7 Å². The minimum Gasteiger partial charge on any atom is -0.481 e. The Hall–Kier alpha value is -1.08. The zero-order valence-electron chi connectivity index (χ0n) is 12.0. The third kappa shape index (κ3) is 5.50. The van der Waals surface area contributed by atoms with Gasteiger partial charge in [0.2, 0.25) is 5.91 Å². The molecule has 0 bridgehead atoms. The van der Waals surface area contributed by atoms with Crippen molar-refractivity contribution in [1.29, 1.82) is 0 Å². The van der Waals surface area contributed by atoms with Crippen molar-refractivity contribution in [1.82, 2.24) is 9.88 Å². The molecule has 1 heterocycles. The van der Waals surface area contributed by atoms with Gasteiger partial charge in [0, 0.05) is 23.7 Å². The van der Waals surface area contributed by atoms with Crippen LogP contribution in [0, 0.1) is 6.92 Å². The Labute approximate surface area is 127 Å². The number of aliphatic carboxylic acids is 1. The molecule has 1 aromatic rings. The number of carboxylic acid groups (broad SMARTS) is 1. The number of thioether (sulfide) groups is 1. The number of aromatic nitrogens is 1. The van der Waals surface area contributed by atoms with Crippen molar-refractivity contribution in [3.8, 4) is 0 Å². The third-order valence-corrected chi connectivity index (χ3v) is 4.58. The minimum absolute atomic E-state index is 0.0156. The highest BCUT2D eigenvalue weighted by Gasteiger charge is 2.20.